The second-order valence-corrected chi connectivity index (χ2v) is 4.37. The Balaban J connectivity index is 2.46. The number of aromatic nitrogens is 1. The molecule has 0 radical (unpaired) electrons. The lowest BCUT2D eigenvalue weighted by Gasteiger charge is -2.09. The minimum Gasteiger partial charge on any atom is -0.496 e. The van der Waals surface area contributed by atoms with Crippen molar-refractivity contribution in [1.82, 2.24) is 4.98 Å². The number of benzene rings is 1. The third-order valence-electron chi connectivity index (χ3n) is 2.76. The number of nitrogens with zero attached hydrogens (tertiary/aromatic N) is 1. The van der Waals surface area contributed by atoms with Crippen LogP contribution < -0.4 is 4.74 Å². The number of oxazole rings is 1. The number of carboxylic acid groups (broad SMARTS) is 1. The quantitative estimate of drug-likeness (QED) is 0.915. The molecule has 0 unspecified atom stereocenters. The number of aryl methyl sites for hydroxylation is 2. The van der Waals surface area contributed by atoms with Crippen molar-refractivity contribution in [1.29, 1.82) is 0 Å². The molecule has 0 amide bonds. The van der Waals surface area contributed by atoms with Crippen LogP contribution in [-0.2, 0) is 11.2 Å². The fraction of sp³-hybridized carbons (Fsp3) is 0.286. The van der Waals surface area contributed by atoms with Crippen molar-refractivity contribution in [2.75, 3.05) is 7.11 Å². The van der Waals surface area contributed by atoms with Gasteiger partial charge in [-0.2, -0.15) is 0 Å². The van der Waals surface area contributed by atoms with E-state index in [9.17, 15) is 4.79 Å². The molecule has 2 rings (SSSR count). The van der Waals surface area contributed by atoms with Crippen LogP contribution in [0.15, 0.2) is 22.8 Å². The molecule has 0 fully saturated rings. The van der Waals surface area contributed by atoms with E-state index in [0.29, 0.717) is 17.3 Å². The molecule has 0 atom stereocenters. The lowest BCUT2D eigenvalue weighted by atomic mass is 10.0. The molecule has 0 bridgehead atoms. The number of hydrogen-bond acceptors (Lipinski definition) is 4. The first-order chi connectivity index (χ1) is 9.01. The highest BCUT2D eigenvalue weighted by Crippen LogP contribution is 2.33. The molecule has 5 nitrogen and oxygen atoms in total. The molecule has 0 saturated carbocycles. The van der Waals surface area contributed by atoms with Gasteiger partial charge in [-0.15, -0.1) is 0 Å². The van der Waals surface area contributed by atoms with Crippen molar-refractivity contribution in [2.24, 2.45) is 0 Å². The van der Waals surface area contributed by atoms with Crippen molar-refractivity contribution < 1.29 is 19.1 Å². The Morgan fingerprint density at radius 1 is 1.42 bits per heavy atom. The molecule has 1 aromatic carbocycles. The second kappa shape index (κ2) is 5.14. The molecule has 19 heavy (non-hydrogen) atoms. The Bertz CT molecular complexity index is 616. The standard InChI is InChI=1S/C14H15NO4/c1-8-4-9(2)13(11(5-8)18-3)14-15-10(7-19-14)6-12(16)17/h4-5,7H,6H2,1-3H3,(H,16,17). The molecular weight excluding hydrogens is 246 g/mol. The van der Waals surface area contributed by atoms with E-state index in [1.807, 2.05) is 26.0 Å². The number of carbonyl (C=O) groups is 1. The second-order valence-electron chi connectivity index (χ2n) is 4.37. The van der Waals surface area contributed by atoms with Gasteiger partial charge in [0.2, 0.25) is 5.89 Å². The molecule has 5 heteroatoms. The number of ether oxygens (including phenoxy) is 1. The highest BCUT2D eigenvalue weighted by Gasteiger charge is 2.16. The Morgan fingerprint density at radius 2 is 2.16 bits per heavy atom. The smallest absolute Gasteiger partial charge is 0.309 e. The van der Waals surface area contributed by atoms with Crippen LogP contribution in [0.25, 0.3) is 11.5 Å². The Morgan fingerprint density at radius 3 is 2.79 bits per heavy atom. The van der Waals surface area contributed by atoms with Gasteiger partial charge in [-0.3, -0.25) is 4.79 Å². The zero-order chi connectivity index (χ0) is 14.0. The van der Waals surface area contributed by atoms with Crippen LogP contribution in [0.4, 0.5) is 0 Å². The maximum absolute atomic E-state index is 10.6. The monoisotopic (exact) mass is 261 g/mol. The zero-order valence-electron chi connectivity index (χ0n) is 11.1. The van der Waals surface area contributed by atoms with Crippen molar-refractivity contribution in [2.45, 2.75) is 20.3 Å². The highest BCUT2D eigenvalue weighted by atomic mass is 16.5. The van der Waals surface area contributed by atoms with E-state index in [4.69, 9.17) is 14.3 Å². The highest BCUT2D eigenvalue weighted by molar-refractivity contribution is 5.71. The molecule has 0 aliphatic rings. The van der Waals surface area contributed by atoms with Crippen LogP contribution in [0.1, 0.15) is 16.8 Å². The van der Waals surface area contributed by atoms with E-state index in [1.54, 1.807) is 7.11 Å². The number of carboxylic acids is 1. The first-order valence-corrected chi connectivity index (χ1v) is 5.83. The van der Waals surface area contributed by atoms with E-state index in [1.165, 1.54) is 6.26 Å². The van der Waals surface area contributed by atoms with Crippen molar-refractivity contribution >= 4 is 5.97 Å². The zero-order valence-corrected chi connectivity index (χ0v) is 11.1. The maximum Gasteiger partial charge on any atom is 0.309 e. The third-order valence-corrected chi connectivity index (χ3v) is 2.76. The number of hydrogen-bond donors (Lipinski definition) is 1. The van der Waals surface area contributed by atoms with Gasteiger partial charge in [-0.05, 0) is 31.0 Å². The van der Waals surface area contributed by atoms with Gasteiger partial charge in [0.1, 0.15) is 12.0 Å². The van der Waals surface area contributed by atoms with Gasteiger partial charge in [0.15, 0.2) is 0 Å². The molecule has 0 saturated heterocycles. The van der Waals surface area contributed by atoms with Gasteiger partial charge in [-0.1, -0.05) is 6.07 Å². The summed E-state index contributed by atoms with van der Waals surface area (Å²) in [6, 6.07) is 3.89. The Labute approximate surface area is 110 Å². The fourth-order valence-corrected chi connectivity index (χ4v) is 2.02. The van der Waals surface area contributed by atoms with Gasteiger partial charge in [0.25, 0.3) is 0 Å². The number of aliphatic carboxylic acids is 1. The topological polar surface area (TPSA) is 72.6 Å². The summed E-state index contributed by atoms with van der Waals surface area (Å²) in [5, 5.41) is 8.73. The van der Waals surface area contributed by atoms with Gasteiger partial charge >= 0.3 is 5.97 Å². The molecule has 0 aliphatic heterocycles. The van der Waals surface area contributed by atoms with E-state index in [2.05, 4.69) is 4.98 Å². The van der Waals surface area contributed by atoms with E-state index < -0.39 is 5.97 Å². The molecule has 1 heterocycles. The van der Waals surface area contributed by atoms with E-state index >= 15 is 0 Å². The van der Waals surface area contributed by atoms with Crippen LogP contribution in [0, 0.1) is 13.8 Å². The molecule has 0 spiro atoms. The molecule has 2 aromatic rings. The van der Waals surface area contributed by atoms with Crippen LogP contribution in [0.3, 0.4) is 0 Å². The van der Waals surface area contributed by atoms with Crippen LogP contribution in [-0.4, -0.2) is 23.2 Å². The molecule has 1 aromatic heterocycles. The number of methoxy groups -OCH3 is 1. The molecule has 100 valence electrons. The SMILES string of the molecule is COc1cc(C)cc(C)c1-c1nc(CC(=O)O)co1. The largest absolute Gasteiger partial charge is 0.496 e. The lowest BCUT2D eigenvalue weighted by Crippen LogP contribution is -2.00. The van der Waals surface area contributed by atoms with Gasteiger partial charge in [-0.25, -0.2) is 4.98 Å². The summed E-state index contributed by atoms with van der Waals surface area (Å²) < 4.78 is 10.7. The minimum atomic E-state index is -0.938. The summed E-state index contributed by atoms with van der Waals surface area (Å²) >= 11 is 0. The summed E-state index contributed by atoms with van der Waals surface area (Å²) in [5.41, 5.74) is 3.20. The average Bonchev–Trinajstić information content (AvgIpc) is 2.74. The summed E-state index contributed by atoms with van der Waals surface area (Å²) in [6.45, 7) is 3.91. The van der Waals surface area contributed by atoms with Crippen LogP contribution >= 0.6 is 0 Å². The Kier molecular flexibility index (Phi) is 3.55. The summed E-state index contributed by atoms with van der Waals surface area (Å²) in [4.78, 5) is 14.8. The first-order valence-electron chi connectivity index (χ1n) is 5.83. The van der Waals surface area contributed by atoms with Crippen LogP contribution in [0.5, 0.6) is 5.75 Å². The summed E-state index contributed by atoms with van der Waals surface area (Å²) in [5.74, 6) is 0.110. The van der Waals surface area contributed by atoms with Crippen molar-refractivity contribution in [3.05, 3.63) is 35.2 Å². The minimum absolute atomic E-state index is 0.156. The van der Waals surface area contributed by atoms with Crippen molar-refractivity contribution in [3.63, 3.8) is 0 Å². The summed E-state index contributed by atoms with van der Waals surface area (Å²) in [6.07, 6.45) is 1.21. The average molecular weight is 261 g/mol. The maximum atomic E-state index is 10.6. The lowest BCUT2D eigenvalue weighted by molar-refractivity contribution is -0.136. The van der Waals surface area contributed by atoms with Crippen molar-refractivity contribution in [3.8, 4) is 17.2 Å². The van der Waals surface area contributed by atoms with E-state index in [0.717, 1.165) is 16.7 Å². The summed E-state index contributed by atoms with van der Waals surface area (Å²) in [7, 11) is 1.58. The van der Waals surface area contributed by atoms with Crippen LogP contribution in [0.2, 0.25) is 0 Å². The molecule has 0 aliphatic carbocycles. The normalized spacial score (nSPS) is 10.5. The number of rotatable bonds is 4. The fourth-order valence-electron chi connectivity index (χ4n) is 2.02. The van der Waals surface area contributed by atoms with Gasteiger partial charge in [0.05, 0.1) is 24.8 Å². The first kappa shape index (κ1) is 13.1. The predicted octanol–water partition coefficient (Wildman–Crippen LogP) is 2.59. The predicted molar refractivity (Wildman–Crippen MR) is 69.3 cm³/mol. The third kappa shape index (κ3) is 2.76. The van der Waals surface area contributed by atoms with Gasteiger partial charge in [0, 0.05) is 0 Å². The molecular formula is C14H15NO4. The van der Waals surface area contributed by atoms with E-state index in [-0.39, 0.29) is 6.42 Å². The Hall–Kier alpha value is -2.30. The van der Waals surface area contributed by atoms with Gasteiger partial charge < -0.3 is 14.3 Å². The molecule has 1 N–H and O–H groups in total.